The fourth-order valence-electron chi connectivity index (χ4n) is 2.68. The maximum Gasteiger partial charge on any atom is 0.0479 e. The summed E-state index contributed by atoms with van der Waals surface area (Å²) in [5.74, 6) is 1.49. The molecular formula is C9H20OSi. The Hall–Kier alpha value is 0.177. The monoisotopic (exact) mass is 172 g/mol. The smallest absolute Gasteiger partial charge is 0.0479 e. The molecule has 1 nitrogen and oxygen atoms in total. The highest BCUT2D eigenvalue weighted by molar-refractivity contribution is 6.77. The molecule has 1 fully saturated rings. The fourth-order valence-corrected chi connectivity index (χ4v) is 6.76. The Bertz CT molecular complexity index is 134. The van der Waals surface area contributed by atoms with Crippen molar-refractivity contribution in [2.75, 3.05) is 6.61 Å². The first-order chi connectivity index (χ1) is 5.03. The summed E-state index contributed by atoms with van der Waals surface area (Å²) in [4.78, 5) is 0. The summed E-state index contributed by atoms with van der Waals surface area (Å²) in [6.45, 7) is 7.65. The normalized spacial score (nSPS) is 37.1. The van der Waals surface area contributed by atoms with E-state index >= 15 is 0 Å². The summed E-state index contributed by atoms with van der Waals surface area (Å²) >= 11 is 0. The van der Waals surface area contributed by atoms with Gasteiger partial charge in [-0.1, -0.05) is 32.1 Å². The summed E-state index contributed by atoms with van der Waals surface area (Å²) in [5.41, 5.74) is 0. The van der Waals surface area contributed by atoms with Crippen LogP contribution in [0, 0.1) is 11.8 Å². The summed E-state index contributed by atoms with van der Waals surface area (Å²) in [6.07, 6.45) is 1.26. The van der Waals surface area contributed by atoms with Crippen LogP contribution in [-0.2, 0) is 0 Å². The third kappa shape index (κ3) is 2.60. The van der Waals surface area contributed by atoms with Crippen molar-refractivity contribution in [1.29, 1.82) is 0 Å². The molecule has 0 amide bonds. The molecule has 11 heavy (non-hydrogen) atoms. The molecule has 0 aromatic rings. The summed E-state index contributed by atoms with van der Waals surface area (Å²) in [5, 5.41) is 9.06. The van der Waals surface area contributed by atoms with E-state index in [1.54, 1.807) is 0 Å². The van der Waals surface area contributed by atoms with E-state index in [1.807, 2.05) is 0 Å². The predicted molar refractivity (Wildman–Crippen MR) is 51.5 cm³/mol. The molecule has 2 unspecified atom stereocenters. The number of hydrogen-bond acceptors (Lipinski definition) is 1. The maximum absolute atomic E-state index is 9.06. The van der Waals surface area contributed by atoms with E-state index in [0.717, 1.165) is 5.92 Å². The SMILES string of the molecule is CC1CC(CO)C[Si](C)(C)C1. The van der Waals surface area contributed by atoms with Gasteiger partial charge in [0.25, 0.3) is 0 Å². The van der Waals surface area contributed by atoms with E-state index in [9.17, 15) is 0 Å². The number of aliphatic hydroxyl groups is 1. The Morgan fingerprint density at radius 1 is 1.36 bits per heavy atom. The Kier molecular flexibility index (Phi) is 2.76. The highest BCUT2D eigenvalue weighted by atomic mass is 28.3. The zero-order valence-electron chi connectivity index (χ0n) is 7.93. The molecule has 66 valence electrons. The minimum absolute atomic E-state index is 0.417. The molecule has 0 bridgehead atoms. The average Bonchev–Trinajstić information content (AvgIpc) is 1.83. The van der Waals surface area contributed by atoms with Crippen LogP contribution in [-0.4, -0.2) is 19.8 Å². The molecule has 0 spiro atoms. The van der Waals surface area contributed by atoms with Crippen LogP contribution in [0.1, 0.15) is 13.3 Å². The topological polar surface area (TPSA) is 20.2 Å². The van der Waals surface area contributed by atoms with Gasteiger partial charge in [0.2, 0.25) is 0 Å². The van der Waals surface area contributed by atoms with Gasteiger partial charge in [-0.15, -0.1) is 0 Å². The predicted octanol–water partition coefficient (Wildman–Crippen LogP) is 2.34. The average molecular weight is 172 g/mol. The van der Waals surface area contributed by atoms with Gasteiger partial charge < -0.3 is 5.11 Å². The molecule has 0 aliphatic carbocycles. The quantitative estimate of drug-likeness (QED) is 0.602. The van der Waals surface area contributed by atoms with Crippen molar-refractivity contribution in [1.82, 2.24) is 0 Å². The second-order valence-corrected chi connectivity index (χ2v) is 10.1. The van der Waals surface area contributed by atoms with Gasteiger partial charge in [0.05, 0.1) is 0 Å². The Labute approximate surface area is 70.8 Å². The molecule has 0 aromatic carbocycles. The molecule has 1 N–H and O–H groups in total. The maximum atomic E-state index is 9.06. The van der Waals surface area contributed by atoms with Crippen LogP contribution in [0.3, 0.4) is 0 Å². The van der Waals surface area contributed by atoms with Crippen molar-refractivity contribution in [2.24, 2.45) is 11.8 Å². The lowest BCUT2D eigenvalue weighted by atomic mass is 9.99. The van der Waals surface area contributed by atoms with Gasteiger partial charge in [-0.05, 0) is 18.3 Å². The van der Waals surface area contributed by atoms with Crippen LogP contribution in [0.2, 0.25) is 25.2 Å². The summed E-state index contributed by atoms with van der Waals surface area (Å²) < 4.78 is 0. The van der Waals surface area contributed by atoms with E-state index in [2.05, 4.69) is 20.0 Å². The van der Waals surface area contributed by atoms with Crippen molar-refractivity contribution >= 4 is 8.07 Å². The van der Waals surface area contributed by atoms with Crippen LogP contribution >= 0.6 is 0 Å². The highest BCUT2D eigenvalue weighted by Crippen LogP contribution is 2.35. The van der Waals surface area contributed by atoms with E-state index < -0.39 is 8.07 Å². The summed E-state index contributed by atoms with van der Waals surface area (Å²) in [6, 6.07) is 2.80. The van der Waals surface area contributed by atoms with Gasteiger partial charge >= 0.3 is 0 Å². The Balaban J connectivity index is 2.51. The largest absolute Gasteiger partial charge is 0.396 e. The molecule has 0 radical (unpaired) electrons. The van der Waals surface area contributed by atoms with Gasteiger partial charge in [-0.3, -0.25) is 0 Å². The molecular weight excluding hydrogens is 152 g/mol. The highest BCUT2D eigenvalue weighted by Gasteiger charge is 2.32. The first-order valence-electron chi connectivity index (χ1n) is 4.64. The molecule has 0 saturated carbocycles. The second-order valence-electron chi connectivity index (χ2n) is 4.96. The molecule has 1 heterocycles. The number of aliphatic hydroxyl groups excluding tert-OH is 1. The third-order valence-electron chi connectivity index (χ3n) is 2.74. The van der Waals surface area contributed by atoms with Crippen molar-refractivity contribution in [3.8, 4) is 0 Å². The molecule has 1 aliphatic heterocycles. The molecule has 2 atom stereocenters. The number of rotatable bonds is 1. The van der Waals surface area contributed by atoms with Gasteiger partial charge in [0, 0.05) is 14.7 Å². The van der Waals surface area contributed by atoms with Crippen molar-refractivity contribution in [2.45, 2.75) is 38.5 Å². The van der Waals surface area contributed by atoms with Gasteiger partial charge in [0.15, 0.2) is 0 Å². The molecule has 2 heteroatoms. The standard InChI is InChI=1S/C9H20OSi/c1-8-4-9(5-10)7-11(2,3)6-8/h8-10H,4-7H2,1-3H3. The zero-order chi connectivity index (χ0) is 8.48. The molecule has 1 rings (SSSR count). The fraction of sp³-hybridized carbons (Fsp3) is 1.00. The van der Waals surface area contributed by atoms with Crippen LogP contribution < -0.4 is 0 Å². The van der Waals surface area contributed by atoms with Crippen molar-refractivity contribution < 1.29 is 5.11 Å². The minimum atomic E-state index is -0.898. The molecule has 0 aromatic heterocycles. The summed E-state index contributed by atoms with van der Waals surface area (Å²) in [7, 11) is -0.898. The van der Waals surface area contributed by atoms with Gasteiger partial charge in [-0.2, -0.15) is 0 Å². The third-order valence-corrected chi connectivity index (χ3v) is 6.22. The Morgan fingerprint density at radius 2 is 2.00 bits per heavy atom. The van der Waals surface area contributed by atoms with Crippen molar-refractivity contribution in [3.63, 3.8) is 0 Å². The van der Waals surface area contributed by atoms with Crippen molar-refractivity contribution in [3.05, 3.63) is 0 Å². The van der Waals surface area contributed by atoms with E-state index in [-0.39, 0.29) is 0 Å². The van der Waals surface area contributed by atoms with Gasteiger partial charge in [-0.25, -0.2) is 0 Å². The van der Waals surface area contributed by atoms with Gasteiger partial charge in [0.1, 0.15) is 0 Å². The Morgan fingerprint density at radius 3 is 2.45 bits per heavy atom. The lowest BCUT2D eigenvalue weighted by Crippen LogP contribution is -2.37. The van der Waals surface area contributed by atoms with Crippen LogP contribution in [0.25, 0.3) is 0 Å². The zero-order valence-corrected chi connectivity index (χ0v) is 8.93. The van der Waals surface area contributed by atoms with Crippen LogP contribution in [0.15, 0.2) is 0 Å². The molecule has 1 aliphatic rings. The van der Waals surface area contributed by atoms with E-state index in [1.165, 1.54) is 18.5 Å². The minimum Gasteiger partial charge on any atom is -0.396 e. The second kappa shape index (κ2) is 3.28. The first kappa shape index (κ1) is 9.27. The van der Waals surface area contributed by atoms with E-state index in [4.69, 9.17) is 5.11 Å². The van der Waals surface area contributed by atoms with E-state index in [0.29, 0.717) is 12.5 Å². The molecule has 1 saturated heterocycles. The number of hydrogen-bond donors (Lipinski definition) is 1. The van der Waals surface area contributed by atoms with Crippen LogP contribution in [0.4, 0.5) is 0 Å². The van der Waals surface area contributed by atoms with Crippen LogP contribution in [0.5, 0.6) is 0 Å². The first-order valence-corrected chi connectivity index (χ1v) is 8.06. The lowest BCUT2D eigenvalue weighted by molar-refractivity contribution is 0.210. The lowest BCUT2D eigenvalue weighted by Gasteiger charge is -2.36.